The maximum atomic E-state index is 12.0. The Labute approximate surface area is 151 Å². The van der Waals surface area contributed by atoms with Gasteiger partial charge in [0.25, 0.3) is 0 Å². The first-order valence-corrected chi connectivity index (χ1v) is 8.70. The summed E-state index contributed by atoms with van der Waals surface area (Å²) in [5.74, 6) is 0.0251. The van der Waals surface area contributed by atoms with Gasteiger partial charge >= 0.3 is 11.9 Å². The molecule has 0 spiro atoms. The number of hydrogen-bond acceptors (Lipinski definition) is 4. The number of hydrogen-bond donors (Lipinski definition) is 0. The minimum atomic E-state index is -0.529. The van der Waals surface area contributed by atoms with Gasteiger partial charge in [-0.3, -0.25) is 0 Å². The van der Waals surface area contributed by atoms with Crippen LogP contribution in [0.3, 0.4) is 0 Å². The molecule has 0 aliphatic rings. The maximum Gasteiger partial charge on any atom is 0.338 e. The molecule has 4 nitrogen and oxygen atoms in total. The molecule has 0 heterocycles. The number of rotatable bonds is 8. The highest BCUT2D eigenvalue weighted by molar-refractivity contribution is 5.89. The number of carbonyl (C=O) groups is 2. The van der Waals surface area contributed by atoms with Crippen LogP contribution in [-0.2, 0) is 14.3 Å². The average molecular weight is 346 g/mol. The summed E-state index contributed by atoms with van der Waals surface area (Å²) < 4.78 is 9.87. The molecule has 1 unspecified atom stereocenters. The Morgan fingerprint density at radius 2 is 1.64 bits per heavy atom. The molecule has 0 aromatic heterocycles. The van der Waals surface area contributed by atoms with Crippen molar-refractivity contribution in [2.75, 3.05) is 13.2 Å². The zero-order chi connectivity index (χ0) is 19.0. The lowest BCUT2D eigenvalue weighted by Gasteiger charge is -2.29. The van der Waals surface area contributed by atoms with E-state index in [1.165, 1.54) is 5.56 Å². The summed E-state index contributed by atoms with van der Waals surface area (Å²) in [6.45, 7) is 14.5. The maximum absolute atomic E-state index is 12.0. The van der Waals surface area contributed by atoms with E-state index < -0.39 is 11.9 Å². The fourth-order valence-corrected chi connectivity index (χ4v) is 2.68. The van der Waals surface area contributed by atoms with Crippen molar-refractivity contribution in [3.63, 3.8) is 0 Å². The molecule has 0 amide bonds. The molecule has 0 aliphatic heterocycles. The van der Waals surface area contributed by atoms with Gasteiger partial charge in [0.15, 0.2) is 0 Å². The van der Waals surface area contributed by atoms with Crippen molar-refractivity contribution >= 4 is 11.9 Å². The minimum Gasteiger partial charge on any atom is -0.459 e. The molecule has 0 saturated carbocycles. The van der Waals surface area contributed by atoms with Crippen molar-refractivity contribution in [1.29, 1.82) is 0 Å². The standard InChI is InChI=1S/C21H30O4/c1-7-19(22)24-12-13-25-20(23)17-10-8-16(9-11-17)18(15(2)3)14-21(4,5)6/h7-11,15,18H,1,12-14H2,2-6H3. The Morgan fingerprint density at radius 3 is 2.12 bits per heavy atom. The van der Waals surface area contributed by atoms with Crippen LogP contribution in [-0.4, -0.2) is 25.2 Å². The molecule has 0 fully saturated rings. The normalized spacial score (nSPS) is 12.6. The van der Waals surface area contributed by atoms with Crippen molar-refractivity contribution in [2.45, 2.75) is 47.0 Å². The van der Waals surface area contributed by atoms with E-state index in [-0.39, 0.29) is 18.6 Å². The summed E-state index contributed by atoms with van der Waals surface area (Å²) in [6.07, 6.45) is 2.16. The van der Waals surface area contributed by atoms with Gasteiger partial charge in [0.2, 0.25) is 0 Å². The second kappa shape index (κ2) is 9.40. The minimum absolute atomic E-state index is 0.0235. The fourth-order valence-electron chi connectivity index (χ4n) is 2.68. The molecule has 1 rings (SSSR count). The summed E-state index contributed by atoms with van der Waals surface area (Å²) in [4.78, 5) is 22.9. The van der Waals surface area contributed by atoms with Crippen LogP contribution in [0.2, 0.25) is 0 Å². The molecular weight excluding hydrogens is 316 g/mol. The monoisotopic (exact) mass is 346 g/mol. The third kappa shape index (κ3) is 7.55. The third-order valence-electron chi connectivity index (χ3n) is 3.94. The largest absolute Gasteiger partial charge is 0.459 e. The predicted octanol–water partition coefficient (Wildman–Crippen LogP) is 4.75. The molecule has 0 saturated heterocycles. The van der Waals surface area contributed by atoms with Gasteiger partial charge in [-0.15, -0.1) is 0 Å². The first-order valence-electron chi connectivity index (χ1n) is 8.70. The molecule has 4 heteroatoms. The van der Waals surface area contributed by atoms with Gasteiger partial charge in [-0.1, -0.05) is 53.3 Å². The summed E-state index contributed by atoms with van der Waals surface area (Å²) in [5.41, 5.74) is 1.98. The summed E-state index contributed by atoms with van der Waals surface area (Å²) in [5, 5.41) is 0. The molecular formula is C21H30O4. The third-order valence-corrected chi connectivity index (χ3v) is 3.94. The van der Waals surface area contributed by atoms with Crippen LogP contribution in [0.1, 0.15) is 62.9 Å². The Balaban J connectivity index is 2.66. The molecule has 1 aromatic rings. The van der Waals surface area contributed by atoms with Crippen molar-refractivity contribution in [2.24, 2.45) is 11.3 Å². The SMILES string of the molecule is C=CC(=O)OCCOC(=O)c1ccc(C(CC(C)(C)C)C(C)C)cc1. The Morgan fingerprint density at radius 1 is 1.08 bits per heavy atom. The van der Waals surface area contributed by atoms with Crippen LogP contribution in [0.5, 0.6) is 0 Å². The number of carbonyl (C=O) groups excluding carboxylic acids is 2. The average Bonchev–Trinajstić information content (AvgIpc) is 2.55. The Kier molecular flexibility index (Phi) is 7.88. The molecule has 0 N–H and O–H groups in total. The summed E-state index contributed by atoms with van der Waals surface area (Å²) in [6, 6.07) is 7.60. The zero-order valence-electron chi connectivity index (χ0n) is 16.0. The van der Waals surface area contributed by atoms with Crippen LogP contribution in [0.25, 0.3) is 0 Å². The van der Waals surface area contributed by atoms with Crippen LogP contribution >= 0.6 is 0 Å². The highest BCUT2D eigenvalue weighted by atomic mass is 16.6. The number of ether oxygens (including phenoxy) is 2. The van der Waals surface area contributed by atoms with Crippen molar-refractivity contribution in [3.8, 4) is 0 Å². The molecule has 1 atom stereocenters. The first-order chi connectivity index (χ1) is 11.6. The lowest BCUT2D eigenvalue weighted by Crippen LogP contribution is -2.17. The fraction of sp³-hybridized carbons (Fsp3) is 0.524. The van der Waals surface area contributed by atoms with E-state index in [9.17, 15) is 9.59 Å². The second-order valence-electron chi connectivity index (χ2n) is 7.74. The van der Waals surface area contributed by atoms with E-state index in [0.717, 1.165) is 12.5 Å². The second-order valence-corrected chi connectivity index (χ2v) is 7.74. The Hall–Kier alpha value is -2.10. The van der Waals surface area contributed by atoms with E-state index in [0.29, 0.717) is 17.4 Å². The molecule has 138 valence electrons. The zero-order valence-corrected chi connectivity index (χ0v) is 16.0. The van der Waals surface area contributed by atoms with Crippen LogP contribution in [0.4, 0.5) is 0 Å². The quantitative estimate of drug-likeness (QED) is 0.387. The molecule has 0 bridgehead atoms. The van der Waals surface area contributed by atoms with E-state index in [1.807, 2.05) is 12.1 Å². The van der Waals surface area contributed by atoms with Gasteiger partial charge < -0.3 is 9.47 Å². The number of esters is 2. The summed E-state index contributed by atoms with van der Waals surface area (Å²) >= 11 is 0. The first kappa shape index (κ1) is 20.9. The lowest BCUT2D eigenvalue weighted by molar-refractivity contribution is -0.138. The van der Waals surface area contributed by atoms with Gasteiger partial charge in [0, 0.05) is 6.08 Å². The van der Waals surface area contributed by atoms with Crippen molar-refractivity contribution < 1.29 is 19.1 Å². The van der Waals surface area contributed by atoms with Gasteiger partial charge in [-0.05, 0) is 41.4 Å². The highest BCUT2D eigenvalue weighted by Crippen LogP contribution is 2.36. The van der Waals surface area contributed by atoms with Gasteiger partial charge in [0.1, 0.15) is 13.2 Å². The topological polar surface area (TPSA) is 52.6 Å². The molecule has 25 heavy (non-hydrogen) atoms. The van der Waals surface area contributed by atoms with Crippen molar-refractivity contribution in [1.82, 2.24) is 0 Å². The van der Waals surface area contributed by atoms with Crippen LogP contribution in [0, 0.1) is 11.3 Å². The highest BCUT2D eigenvalue weighted by Gasteiger charge is 2.23. The summed E-state index contributed by atoms with van der Waals surface area (Å²) in [7, 11) is 0. The number of benzene rings is 1. The van der Waals surface area contributed by atoms with Crippen LogP contribution < -0.4 is 0 Å². The van der Waals surface area contributed by atoms with E-state index in [2.05, 4.69) is 41.2 Å². The molecule has 0 aliphatic carbocycles. The smallest absolute Gasteiger partial charge is 0.338 e. The van der Waals surface area contributed by atoms with E-state index in [1.54, 1.807) is 12.1 Å². The Bertz CT molecular complexity index is 579. The molecule has 1 aromatic carbocycles. The van der Waals surface area contributed by atoms with Gasteiger partial charge in [-0.2, -0.15) is 0 Å². The van der Waals surface area contributed by atoms with E-state index >= 15 is 0 Å². The predicted molar refractivity (Wildman–Crippen MR) is 99.5 cm³/mol. The van der Waals surface area contributed by atoms with Gasteiger partial charge in [0.05, 0.1) is 5.56 Å². The van der Waals surface area contributed by atoms with Crippen LogP contribution in [0.15, 0.2) is 36.9 Å². The molecule has 0 radical (unpaired) electrons. The van der Waals surface area contributed by atoms with Crippen molar-refractivity contribution in [3.05, 3.63) is 48.0 Å². The van der Waals surface area contributed by atoms with E-state index in [4.69, 9.17) is 9.47 Å². The van der Waals surface area contributed by atoms with Gasteiger partial charge in [-0.25, -0.2) is 9.59 Å². The lowest BCUT2D eigenvalue weighted by atomic mass is 9.76.